The summed E-state index contributed by atoms with van der Waals surface area (Å²) in [6.45, 7) is 6.80. The number of benzene rings is 1. The molecule has 1 fully saturated rings. The Morgan fingerprint density at radius 2 is 2.06 bits per heavy atom. The van der Waals surface area contributed by atoms with E-state index in [0.29, 0.717) is 18.4 Å². The molecule has 0 saturated carbocycles. The third-order valence-electron chi connectivity index (χ3n) is 7.17. The van der Waals surface area contributed by atoms with E-state index in [4.69, 9.17) is 0 Å². The average Bonchev–Trinajstić information content (AvgIpc) is 3.48. The van der Waals surface area contributed by atoms with Gasteiger partial charge in [0.05, 0.1) is 18.8 Å². The predicted molar refractivity (Wildman–Crippen MR) is 135 cm³/mol. The summed E-state index contributed by atoms with van der Waals surface area (Å²) in [6, 6.07) is 8.87. The van der Waals surface area contributed by atoms with E-state index < -0.39 is 0 Å². The lowest BCUT2D eigenvalue weighted by Crippen LogP contribution is -2.40. The summed E-state index contributed by atoms with van der Waals surface area (Å²) >= 11 is 0. The monoisotopic (exact) mass is 459 g/mol. The van der Waals surface area contributed by atoms with Gasteiger partial charge in [-0.2, -0.15) is 0 Å². The van der Waals surface area contributed by atoms with Crippen LogP contribution in [0, 0.1) is 0 Å². The molecule has 1 saturated heterocycles. The summed E-state index contributed by atoms with van der Waals surface area (Å²) in [5.41, 5.74) is 7.58. The number of carbonyl (C=O) groups excluding carboxylic acids is 1. The Labute approximate surface area is 199 Å². The minimum absolute atomic E-state index is 0.0473. The minimum atomic E-state index is -0.0473. The van der Waals surface area contributed by atoms with Gasteiger partial charge in [0.2, 0.25) is 5.91 Å². The molecule has 1 aliphatic rings. The Morgan fingerprint density at radius 1 is 1.26 bits per heavy atom. The normalized spacial score (nSPS) is 15.6. The van der Waals surface area contributed by atoms with E-state index >= 15 is 0 Å². The number of aliphatic hydroxyl groups is 1. The van der Waals surface area contributed by atoms with E-state index in [2.05, 4.69) is 58.4 Å². The average molecular weight is 460 g/mol. The molecule has 1 aliphatic heterocycles. The largest absolute Gasteiger partial charge is 0.392 e. The van der Waals surface area contributed by atoms with E-state index in [9.17, 15) is 9.90 Å². The van der Waals surface area contributed by atoms with E-state index in [1.807, 2.05) is 16.7 Å². The molecule has 4 heterocycles. The first kappa shape index (κ1) is 22.6. The van der Waals surface area contributed by atoms with Gasteiger partial charge in [0.25, 0.3) is 0 Å². The van der Waals surface area contributed by atoms with Crippen molar-refractivity contribution >= 4 is 22.5 Å². The highest BCUT2D eigenvalue weighted by molar-refractivity contribution is 5.92. The van der Waals surface area contributed by atoms with Gasteiger partial charge < -0.3 is 19.8 Å². The number of imidazole rings is 1. The van der Waals surface area contributed by atoms with Gasteiger partial charge in [-0.15, -0.1) is 0 Å². The number of hydrogen-bond donors (Lipinski definition) is 3. The summed E-state index contributed by atoms with van der Waals surface area (Å²) in [7, 11) is 1.69. The number of aliphatic hydroxyl groups excluding tert-OH is 1. The van der Waals surface area contributed by atoms with Gasteiger partial charge in [0.15, 0.2) is 0 Å². The van der Waals surface area contributed by atoms with Gasteiger partial charge in [-0.25, -0.2) is 4.98 Å². The van der Waals surface area contributed by atoms with E-state index in [1.54, 1.807) is 13.2 Å². The van der Waals surface area contributed by atoms with Crippen LogP contribution in [-0.2, 0) is 11.4 Å². The first-order chi connectivity index (χ1) is 16.5. The Balaban J connectivity index is 1.49. The van der Waals surface area contributed by atoms with Crippen LogP contribution in [0.25, 0.3) is 27.8 Å². The number of nitrogens with zero attached hydrogens (tertiary/aromatic N) is 3. The first-order valence-corrected chi connectivity index (χ1v) is 12.1. The van der Waals surface area contributed by atoms with E-state index in [-0.39, 0.29) is 12.5 Å². The van der Waals surface area contributed by atoms with E-state index in [1.165, 1.54) is 16.5 Å². The standard InChI is InChI=1S/C27H33N5O2/c1-17(2)25-22-13-19(18-6-9-31(10-7-18)15-24(34)28-3)4-5-23(22)30-26(25)20-12-21(16-33)27-29-8-11-32(27)14-20/h4-5,8,11-14,17-18,30,33H,6-7,9-10,15-16H2,1-3H3,(H,28,34). The summed E-state index contributed by atoms with van der Waals surface area (Å²) in [4.78, 5) is 22.0. The number of likely N-dealkylation sites (tertiary alicyclic amines) is 1. The van der Waals surface area contributed by atoms with Crippen LogP contribution >= 0.6 is 0 Å². The molecule has 5 rings (SSSR count). The molecule has 3 aromatic heterocycles. The van der Waals surface area contributed by atoms with Gasteiger partial charge in [-0.05, 0) is 67.1 Å². The maximum atomic E-state index is 11.7. The molecular formula is C27H33N5O2. The molecule has 1 aromatic carbocycles. The second-order valence-electron chi connectivity index (χ2n) is 9.67. The third-order valence-corrected chi connectivity index (χ3v) is 7.17. The molecule has 0 aliphatic carbocycles. The third kappa shape index (κ3) is 4.10. The number of likely N-dealkylation sites (N-methyl/N-ethyl adjacent to an activating group) is 1. The van der Waals surface area contributed by atoms with Crippen molar-refractivity contribution in [3.63, 3.8) is 0 Å². The summed E-state index contributed by atoms with van der Waals surface area (Å²) in [6.07, 6.45) is 7.90. The van der Waals surface area contributed by atoms with Crippen molar-refractivity contribution in [3.8, 4) is 11.3 Å². The van der Waals surface area contributed by atoms with Crippen LogP contribution in [0.3, 0.4) is 0 Å². The minimum Gasteiger partial charge on any atom is -0.392 e. The number of amides is 1. The zero-order valence-electron chi connectivity index (χ0n) is 20.1. The van der Waals surface area contributed by atoms with Crippen LogP contribution < -0.4 is 5.32 Å². The zero-order valence-corrected chi connectivity index (χ0v) is 20.1. The number of H-pyrrole nitrogens is 1. The van der Waals surface area contributed by atoms with Gasteiger partial charge in [0, 0.05) is 47.7 Å². The van der Waals surface area contributed by atoms with Crippen molar-refractivity contribution in [1.82, 2.24) is 24.6 Å². The van der Waals surface area contributed by atoms with Crippen LogP contribution in [0.15, 0.2) is 42.9 Å². The predicted octanol–water partition coefficient (Wildman–Crippen LogP) is 4.02. The molecule has 34 heavy (non-hydrogen) atoms. The van der Waals surface area contributed by atoms with Crippen molar-refractivity contribution in [2.45, 2.75) is 45.1 Å². The Hall–Kier alpha value is -3.16. The highest BCUT2D eigenvalue weighted by Gasteiger charge is 2.24. The number of carbonyl (C=O) groups is 1. The van der Waals surface area contributed by atoms with Crippen molar-refractivity contribution in [3.05, 3.63) is 59.5 Å². The molecule has 178 valence electrons. The molecule has 0 bridgehead atoms. The van der Waals surface area contributed by atoms with Crippen molar-refractivity contribution in [2.75, 3.05) is 26.7 Å². The lowest BCUT2D eigenvalue weighted by molar-refractivity contribution is -0.122. The van der Waals surface area contributed by atoms with E-state index in [0.717, 1.165) is 53.9 Å². The lowest BCUT2D eigenvalue weighted by atomic mass is 9.87. The number of nitrogens with one attached hydrogen (secondary N) is 2. The molecule has 0 spiro atoms. The number of aromatic amines is 1. The summed E-state index contributed by atoms with van der Waals surface area (Å²) < 4.78 is 1.98. The number of pyridine rings is 1. The Morgan fingerprint density at radius 3 is 2.76 bits per heavy atom. The van der Waals surface area contributed by atoms with Crippen LogP contribution in [0.1, 0.15) is 55.2 Å². The lowest BCUT2D eigenvalue weighted by Gasteiger charge is -2.31. The molecule has 4 aromatic rings. The quantitative estimate of drug-likeness (QED) is 0.407. The fourth-order valence-electron chi connectivity index (χ4n) is 5.38. The van der Waals surface area contributed by atoms with Gasteiger partial charge in [-0.3, -0.25) is 9.69 Å². The second kappa shape index (κ2) is 9.24. The highest BCUT2D eigenvalue weighted by atomic mass is 16.3. The number of rotatable bonds is 6. The molecular weight excluding hydrogens is 426 g/mol. The van der Waals surface area contributed by atoms with Crippen LogP contribution in [0.4, 0.5) is 0 Å². The van der Waals surface area contributed by atoms with Crippen molar-refractivity contribution < 1.29 is 9.90 Å². The molecule has 0 radical (unpaired) electrons. The molecule has 3 N–H and O–H groups in total. The number of fused-ring (bicyclic) bond motifs is 2. The van der Waals surface area contributed by atoms with Crippen molar-refractivity contribution in [1.29, 1.82) is 0 Å². The van der Waals surface area contributed by atoms with Gasteiger partial charge >= 0.3 is 0 Å². The van der Waals surface area contributed by atoms with Crippen LogP contribution in [-0.4, -0.2) is 57.0 Å². The smallest absolute Gasteiger partial charge is 0.233 e. The first-order valence-electron chi connectivity index (χ1n) is 12.1. The Kier molecular flexibility index (Phi) is 6.15. The van der Waals surface area contributed by atoms with Gasteiger partial charge in [0.1, 0.15) is 5.65 Å². The number of piperidine rings is 1. The summed E-state index contributed by atoms with van der Waals surface area (Å²) in [5.74, 6) is 0.927. The topological polar surface area (TPSA) is 85.7 Å². The zero-order chi connectivity index (χ0) is 23.8. The molecule has 1 amide bonds. The molecule has 0 unspecified atom stereocenters. The fourth-order valence-corrected chi connectivity index (χ4v) is 5.38. The van der Waals surface area contributed by atoms with Gasteiger partial charge in [-0.1, -0.05) is 19.9 Å². The van der Waals surface area contributed by atoms with Crippen molar-refractivity contribution in [2.24, 2.45) is 0 Å². The molecule has 7 nitrogen and oxygen atoms in total. The maximum Gasteiger partial charge on any atom is 0.233 e. The fraction of sp³-hybridized carbons (Fsp3) is 0.407. The van der Waals surface area contributed by atoms with Crippen LogP contribution in [0.2, 0.25) is 0 Å². The Bertz CT molecular complexity index is 1330. The number of aromatic nitrogens is 3. The highest BCUT2D eigenvalue weighted by Crippen LogP contribution is 2.38. The SMILES string of the molecule is CNC(=O)CN1CCC(c2ccc3[nH]c(-c4cc(CO)c5nccn5c4)c(C(C)C)c3c2)CC1. The molecule has 7 heteroatoms. The second-order valence-corrected chi connectivity index (χ2v) is 9.67. The summed E-state index contributed by atoms with van der Waals surface area (Å²) in [5, 5.41) is 13.9. The maximum absolute atomic E-state index is 11.7. The number of hydrogen-bond acceptors (Lipinski definition) is 4. The van der Waals surface area contributed by atoms with Crippen LogP contribution in [0.5, 0.6) is 0 Å². The molecule has 0 atom stereocenters.